The Kier molecular flexibility index (Phi) is 2.17. The Labute approximate surface area is 59.7 Å². The molecule has 0 amide bonds. The van der Waals surface area contributed by atoms with E-state index in [2.05, 4.69) is 9.97 Å². The van der Waals surface area contributed by atoms with Gasteiger partial charge in [0.1, 0.15) is 5.82 Å². The largest absolute Gasteiger partial charge is 0.582 e. The van der Waals surface area contributed by atoms with Crippen molar-refractivity contribution < 1.29 is 0 Å². The molecule has 54 valence electrons. The van der Waals surface area contributed by atoms with Gasteiger partial charge < -0.3 is 10.9 Å². The van der Waals surface area contributed by atoms with Crippen molar-refractivity contribution in [3.63, 3.8) is 0 Å². The number of rotatable bonds is 2. The lowest BCUT2D eigenvalue weighted by Crippen LogP contribution is -2.12. The van der Waals surface area contributed by atoms with Crippen LogP contribution in [0.2, 0.25) is 0 Å². The fraction of sp³-hybridized carbons (Fsp3) is 0.333. The van der Waals surface area contributed by atoms with Crippen molar-refractivity contribution in [2.45, 2.75) is 6.92 Å². The molecule has 0 spiro atoms. The highest BCUT2D eigenvalue weighted by molar-refractivity contribution is 5.35. The normalized spacial score (nSPS) is 9.40. The molecule has 10 heavy (non-hydrogen) atoms. The van der Waals surface area contributed by atoms with Gasteiger partial charge >= 0.3 is 0 Å². The van der Waals surface area contributed by atoms with E-state index in [1.54, 1.807) is 18.6 Å². The van der Waals surface area contributed by atoms with Crippen molar-refractivity contribution >= 4 is 5.82 Å². The summed E-state index contributed by atoms with van der Waals surface area (Å²) in [6.07, 6.45) is 4.73. The molecular weight excluding hydrogens is 128 g/mol. The van der Waals surface area contributed by atoms with Crippen LogP contribution in [0.1, 0.15) is 6.92 Å². The standard InChI is InChI=1S/C6H9N4/c1-2-10(7)6-5-8-3-4-9-6/h3-5,7H,2H2,1H3/q-1. The molecule has 0 aliphatic carbocycles. The highest BCUT2D eigenvalue weighted by Crippen LogP contribution is 2.04. The predicted molar refractivity (Wildman–Crippen MR) is 39.4 cm³/mol. The molecule has 0 aromatic carbocycles. The van der Waals surface area contributed by atoms with Gasteiger partial charge in [-0.05, 0) is 13.5 Å². The van der Waals surface area contributed by atoms with Gasteiger partial charge in [-0.25, -0.2) is 4.98 Å². The topological polar surface area (TPSA) is 52.8 Å². The van der Waals surface area contributed by atoms with Crippen molar-refractivity contribution in [1.29, 1.82) is 0 Å². The summed E-state index contributed by atoms with van der Waals surface area (Å²) in [5.41, 5.74) is 0. The molecule has 0 aliphatic heterocycles. The second-order valence-corrected chi connectivity index (χ2v) is 1.81. The number of hydrogen-bond donors (Lipinski definition) is 0. The molecule has 0 atom stereocenters. The molecule has 1 rings (SSSR count). The smallest absolute Gasteiger partial charge is 0.129 e. The molecule has 4 heteroatoms. The number of nitrogens with zero attached hydrogens (tertiary/aromatic N) is 3. The first kappa shape index (κ1) is 6.95. The summed E-state index contributed by atoms with van der Waals surface area (Å²) in [5.74, 6) is 7.88. The molecule has 1 aromatic rings. The number of anilines is 1. The number of aromatic nitrogens is 2. The first-order valence-electron chi connectivity index (χ1n) is 3.09. The van der Waals surface area contributed by atoms with Crippen molar-refractivity contribution in [1.82, 2.24) is 9.97 Å². The van der Waals surface area contributed by atoms with Crippen molar-refractivity contribution in [3.05, 3.63) is 24.4 Å². The SMILES string of the molecule is CCN([NH-])c1cnccn1. The lowest BCUT2D eigenvalue weighted by molar-refractivity contribution is 0.974. The van der Waals surface area contributed by atoms with Gasteiger partial charge in [0.2, 0.25) is 0 Å². The number of nitrogens with one attached hydrogen (secondary N) is 1. The van der Waals surface area contributed by atoms with E-state index in [4.69, 9.17) is 5.84 Å². The predicted octanol–water partition coefficient (Wildman–Crippen LogP) is 1.27. The lowest BCUT2D eigenvalue weighted by atomic mass is 10.6. The van der Waals surface area contributed by atoms with Crippen LogP contribution in [0.5, 0.6) is 0 Å². The van der Waals surface area contributed by atoms with Crippen molar-refractivity contribution in [2.24, 2.45) is 0 Å². The zero-order chi connectivity index (χ0) is 7.40. The van der Waals surface area contributed by atoms with Crippen LogP contribution in [0, 0.1) is 0 Å². The Bertz CT molecular complexity index is 186. The Balaban J connectivity index is 2.75. The first-order valence-corrected chi connectivity index (χ1v) is 3.09. The van der Waals surface area contributed by atoms with E-state index in [0.717, 1.165) is 0 Å². The van der Waals surface area contributed by atoms with Crippen LogP contribution in [0.25, 0.3) is 5.84 Å². The fourth-order valence-corrected chi connectivity index (χ4v) is 0.593. The second-order valence-electron chi connectivity index (χ2n) is 1.81. The molecule has 1 heterocycles. The van der Waals surface area contributed by atoms with Gasteiger partial charge in [-0.1, -0.05) is 0 Å². The Morgan fingerprint density at radius 2 is 2.40 bits per heavy atom. The maximum absolute atomic E-state index is 7.29. The van der Waals surface area contributed by atoms with Gasteiger partial charge in [0.05, 0.1) is 6.20 Å². The lowest BCUT2D eigenvalue weighted by Gasteiger charge is -2.24. The van der Waals surface area contributed by atoms with E-state index in [1.807, 2.05) is 6.92 Å². The molecule has 4 nitrogen and oxygen atoms in total. The maximum Gasteiger partial charge on any atom is 0.129 e. The van der Waals surface area contributed by atoms with E-state index in [9.17, 15) is 0 Å². The summed E-state index contributed by atoms with van der Waals surface area (Å²) in [6.45, 7) is 2.51. The van der Waals surface area contributed by atoms with Crippen molar-refractivity contribution in [3.8, 4) is 0 Å². The minimum Gasteiger partial charge on any atom is -0.582 e. The third-order valence-corrected chi connectivity index (χ3v) is 1.14. The third kappa shape index (κ3) is 1.41. The van der Waals surface area contributed by atoms with E-state index >= 15 is 0 Å². The molecule has 0 fully saturated rings. The minimum atomic E-state index is 0.588. The maximum atomic E-state index is 7.29. The van der Waals surface area contributed by atoms with Gasteiger partial charge in [0, 0.05) is 12.4 Å². The van der Waals surface area contributed by atoms with Crippen LogP contribution >= 0.6 is 0 Å². The summed E-state index contributed by atoms with van der Waals surface area (Å²) < 4.78 is 0. The quantitative estimate of drug-likeness (QED) is 0.577. The van der Waals surface area contributed by atoms with Gasteiger partial charge in [0.15, 0.2) is 0 Å². The zero-order valence-electron chi connectivity index (χ0n) is 5.78. The van der Waals surface area contributed by atoms with Crippen LogP contribution in [-0.4, -0.2) is 16.5 Å². The van der Waals surface area contributed by atoms with E-state index in [1.165, 1.54) is 5.01 Å². The third-order valence-electron chi connectivity index (χ3n) is 1.14. The molecular formula is C6H9N4-. The van der Waals surface area contributed by atoms with Crippen molar-refractivity contribution in [2.75, 3.05) is 11.6 Å². The van der Waals surface area contributed by atoms with Crippen LogP contribution < -0.4 is 5.01 Å². The minimum absolute atomic E-state index is 0.588. The fourth-order valence-electron chi connectivity index (χ4n) is 0.593. The highest BCUT2D eigenvalue weighted by atomic mass is 15.4. The van der Waals surface area contributed by atoms with Gasteiger partial charge in [-0.2, -0.15) is 0 Å². The van der Waals surface area contributed by atoms with Crippen LogP contribution in [0.15, 0.2) is 18.6 Å². The average molecular weight is 137 g/mol. The zero-order valence-corrected chi connectivity index (χ0v) is 5.78. The highest BCUT2D eigenvalue weighted by Gasteiger charge is 1.89. The summed E-state index contributed by atoms with van der Waals surface area (Å²) in [6, 6.07) is 0. The molecule has 0 saturated carbocycles. The monoisotopic (exact) mass is 137 g/mol. The van der Waals surface area contributed by atoms with Gasteiger partial charge in [0.25, 0.3) is 0 Å². The molecule has 0 unspecified atom stereocenters. The molecule has 0 radical (unpaired) electrons. The van der Waals surface area contributed by atoms with Gasteiger partial charge in [-0.3, -0.25) is 4.98 Å². The average Bonchev–Trinajstić information content (AvgIpc) is 2.05. The van der Waals surface area contributed by atoms with Gasteiger partial charge in [-0.15, -0.1) is 0 Å². The molecule has 0 bridgehead atoms. The first-order chi connectivity index (χ1) is 4.84. The second kappa shape index (κ2) is 3.12. The van der Waals surface area contributed by atoms with Crippen LogP contribution in [0.4, 0.5) is 5.82 Å². The summed E-state index contributed by atoms with van der Waals surface area (Å²) in [7, 11) is 0. The van der Waals surface area contributed by atoms with E-state index in [-0.39, 0.29) is 0 Å². The molecule has 1 N–H and O–H groups in total. The summed E-state index contributed by atoms with van der Waals surface area (Å²) in [5, 5.41) is 1.28. The van der Waals surface area contributed by atoms with E-state index < -0.39 is 0 Å². The Hall–Kier alpha value is -1.16. The van der Waals surface area contributed by atoms with Crippen LogP contribution in [-0.2, 0) is 0 Å². The Morgan fingerprint density at radius 3 is 2.90 bits per heavy atom. The summed E-state index contributed by atoms with van der Waals surface area (Å²) >= 11 is 0. The summed E-state index contributed by atoms with van der Waals surface area (Å²) in [4.78, 5) is 7.75. The molecule has 0 aliphatic rings. The molecule has 0 saturated heterocycles. The Morgan fingerprint density at radius 1 is 1.60 bits per heavy atom. The van der Waals surface area contributed by atoms with Crippen LogP contribution in [0.3, 0.4) is 0 Å². The number of hydrogen-bond acceptors (Lipinski definition) is 3. The van der Waals surface area contributed by atoms with E-state index in [0.29, 0.717) is 12.4 Å². The molecule has 1 aromatic heterocycles.